The van der Waals surface area contributed by atoms with Gasteiger partial charge in [0.15, 0.2) is 0 Å². The van der Waals surface area contributed by atoms with Gasteiger partial charge >= 0.3 is 0 Å². The second-order valence-electron chi connectivity index (χ2n) is 6.11. The summed E-state index contributed by atoms with van der Waals surface area (Å²) in [6, 6.07) is 9.45. The highest BCUT2D eigenvalue weighted by atomic mass is 32.2. The standard InChI is InChI=1S/C18H24N2O2S/c1-19-13-7-11-17-14-15-8-5-6-12-18(15)20(23(17,21)22)16-9-3-2-4-10-16/h2-4,8-10,12,17,19H,5-7,11,13-14H2,1H3. The molecule has 2 aliphatic rings. The van der Waals surface area contributed by atoms with Gasteiger partial charge in [0.05, 0.1) is 16.6 Å². The van der Waals surface area contributed by atoms with E-state index in [1.165, 1.54) is 5.57 Å². The molecule has 0 bridgehead atoms. The van der Waals surface area contributed by atoms with Gasteiger partial charge in [0.1, 0.15) is 0 Å². The summed E-state index contributed by atoms with van der Waals surface area (Å²) in [5, 5.41) is 2.76. The van der Waals surface area contributed by atoms with E-state index in [0.717, 1.165) is 37.2 Å². The van der Waals surface area contributed by atoms with Crippen molar-refractivity contribution in [2.24, 2.45) is 0 Å². The van der Waals surface area contributed by atoms with Crippen LogP contribution in [0.3, 0.4) is 0 Å². The highest BCUT2D eigenvalue weighted by Gasteiger charge is 2.41. The van der Waals surface area contributed by atoms with Gasteiger partial charge < -0.3 is 5.32 Å². The van der Waals surface area contributed by atoms with E-state index < -0.39 is 10.0 Å². The highest BCUT2D eigenvalue weighted by molar-refractivity contribution is 7.93. The van der Waals surface area contributed by atoms with Crippen LogP contribution in [0.1, 0.15) is 32.1 Å². The molecule has 0 spiro atoms. The van der Waals surface area contributed by atoms with Gasteiger partial charge in [-0.05, 0) is 63.4 Å². The SMILES string of the molecule is CNCCCC1CC2=CCCC=C2N(c2ccccc2)S1(=O)=O. The Labute approximate surface area is 138 Å². The van der Waals surface area contributed by atoms with E-state index in [0.29, 0.717) is 12.8 Å². The molecule has 0 saturated carbocycles. The minimum absolute atomic E-state index is 0.336. The summed E-state index contributed by atoms with van der Waals surface area (Å²) in [6.07, 6.45) is 8.40. The molecule has 1 aliphatic heterocycles. The van der Waals surface area contributed by atoms with Crippen molar-refractivity contribution in [1.82, 2.24) is 5.32 Å². The molecule has 23 heavy (non-hydrogen) atoms. The molecule has 1 N–H and O–H groups in total. The number of fused-ring (bicyclic) bond motifs is 1. The Morgan fingerprint density at radius 1 is 1.17 bits per heavy atom. The van der Waals surface area contributed by atoms with Gasteiger partial charge in [0.2, 0.25) is 10.0 Å². The summed E-state index contributed by atoms with van der Waals surface area (Å²) >= 11 is 0. The Bertz CT molecular complexity index is 708. The highest BCUT2D eigenvalue weighted by Crippen LogP contribution is 2.40. The average Bonchev–Trinajstić information content (AvgIpc) is 2.56. The van der Waals surface area contributed by atoms with E-state index in [2.05, 4.69) is 17.5 Å². The molecular weight excluding hydrogens is 308 g/mol. The molecule has 124 valence electrons. The van der Waals surface area contributed by atoms with Crippen LogP contribution in [0, 0.1) is 0 Å². The van der Waals surface area contributed by atoms with E-state index >= 15 is 0 Å². The van der Waals surface area contributed by atoms with E-state index in [1.54, 1.807) is 4.31 Å². The average molecular weight is 332 g/mol. The Hall–Kier alpha value is -1.59. The predicted octanol–water partition coefficient (Wildman–Crippen LogP) is 3.20. The molecule has 1 aromatic carbocycles. The first kappa shape index (κ1) is 16.3. The summed E-state index contributed by atoms with van der Waals surface area (Å²) in [5.41, 5.74) is 2.79. The molecule has 1 aromatic rings. The topological polar surface area (TPSA) is 49.4 Å². The second kappa shape index (κ2) is 6.89. The van der Waals surface area contributed by atoms with Crippen molar-refractivity contribution in [3.8, 4) is 0 Å². The summed E-state index contributed by atoms with van der Waals surface area (Å²) in [5.74, 6) is 0. The minimum Gasteiger partial charge on any atom is -0.320 e. The summed E-state index contributed by atoms with van der Waals surface area (Å²) < 4.78 is 28.0. The third-order valence-electron chi connectivity index (χ3n) is 4.51. The van der Waals surface area contributed by atoms with Crippen molar-refractivity contribution in [3.63, 3.8) is 0 Å². The number of nitrogens with zero attached hydrogens (tertiary/aromatic N) is 1. The van der Waals surface area contributed by atoms with Gasteiger partial charge in [-0.1, -0.05) is 30.4 Å². The molecule has 1 unspecified atom stereocenters. The Morgan fingerprint density at radius 2 is 1.91 bits per heavy atom. The molecule has 0 amide bonds. The zero-order valence-electron chi connectivity index (χ0n) is 13.5. The van der Waals surface area contributed by atoms with Crippen LogP contribution < -0.4 is 9.62 Å². The van der Waals surface area contributed by atoms with Crippen LogP contribution in [0.15, 0.2) is 53.8 Å². The Kier molecular flexibility index (Phi) is 4.87. The molecule has 1 saturated heterocycles. The van der Waals surface area contributed by atoms with Gasteiger partial charge in [-0.25, -0.2) is 12.7 Å². The molecule has 5 heteroatoms. The van der Waals surface area contributed by atoms with Crippen molar-refractivity contribution in [2.45, 2.75) is 37.4 Å². The third kappa shape index (κ3) is 3.21. The number of hydrogen-bond donors (Lipinski definition) is 1. The van der Waals surface area contributed by atoms with E-state index in [9.17, 15) is 8.42 Å². The van der Waals surface area contributed by atoms with Crippen molar-refractivity contribution >= 4 is 15.7 Å². The lowest BCUT2D eigenvalue weighted by molar-refractivity contribution is 0.549. The van der Waals surface area contributed by atoms with Gasteiger partial charge in [-0.3, -0.25) is 0 Å². The maximum Gasteiger partial charge on any atom is 0.242 e. The van der Waals surface area contributed by atoms with Gasteiger partial charge in [-0.2, -0.15) is 0 Å². The molecule has 0 aromatic heterocycles. The first-order chi connectivity index (χ1) is 11.1. The molecule has 1 aliphatic carbocycles. The quantitative estimate of drug-likeness (QED) is 0.843. The Morgan fingerprint density at radius 3 is 2.65 bits per heavy atom. The monoisotopic (exact) mass is 332 g/mol. The van der Waals surface area contributed by atoms with Gasteiger partial charge in [-0.15, -0.1) is 0 Å². The molecule has 4 nitrogen and oxygen atoms in total. The number of rotatable bonds is 5. The third-order valence-corrected chi connectivity index (χ3v) is 6.67. The summed E-state index contributed by atoms with van der Waals surface area (Å²) in [6.45, 7) is 0.846. The van der Waals surface area contributed by atoms with Crippen LogP contribution in [0.25, 0.3) is 0 Å². The first-order valence-electron chi connectivity index (χ1n) is 8.28. The van der Waals surface area contributed by atoms with Crippen LogP contribution in [-0.2, 0) is 10.0 Å². The lowest BCUT2D eigenvalue weighted by atomic mass is 9.97. The Balaban J connectivity index is 1.99. The second-order valence-corrected chi connectivity index (χ2v) is 8.17. The fraction of sp³-hybridized carbons (Fsp3) is 0.444. The number of allylic oxidation sites excluding steroid dienone is 3. The number of para-hydroxylation sites is 1. The largest absolute Gasteiger partial charge is 0.320 e. The zero-order valence-corrected chi connectivity index (χ0v) is 14.3. The van der Waals surface area contributed by atoms with E-state index in [4.69, 9.17) is 0 Å². The van der Waals surface area contributed by atoms with Crippen molar-refractivity contribution < 1.29 is 8.42 Å². The molecule has 0 radical (unpaired) electrons. The van der Waals surface area contributed by atoms with E-state index in [-0.39, 0.29) is 5.25 Å². The van der Waals surface area contributed by atoms with Crippen LogP contribution in [0.4, 0.5) is 5.69 Å². The summed E-state index contributed by atoms with van der Waals surface area (Å²) in [4.78, 5) is 0. The van der Waals surface area contributed by atoms with Crippen molar-refractivity contribution in [2.75, 3.05) is 17.9 Å². The lowest BCUT2D eigenvalue weighted by Crippen LogP contribution is -2.44. The van der Waals surface area contributed by atoms with Crippen molar-refractivity contribution in [3.05, 3.63) is 53.8 Å². The van der Waals surface area contributed by atoms with Crippen LogP contribution in [0.2, 0.25) is 0 Å². The van der Waals surface area contributed by atoms with Gasteiger partial charge in [0, 0.05) is 0 Å². The maximum atomic E-state index is 13.2. The predicted molar refractivity (Wildman–Crippen MR) is 94.8 cm³/mol. The number of benzene rings is 1. The van der Waals surface area contributed by atoms with E-state index in [1.807, 2.05) is 37.4 Å². The fourth-order valence-electron chi connectivity index (χ4n) is 3.36. The van der Waals surface area contributed by atoms with Crippen LogP contribution in [-0.4, -0.2) is 27.3 Å². The summed E-state index contributed by atoms with van der Waals surface area (Å²) in [7, 11) is -1.47. The molecule has 3 rings (SSSR count). The number of nitrogens with one attached hydrogen (secondary N) is 1. The number of anilines is 1. The first-order valence-corrected chi connectivity index (χ1v) is 9.78. The zero-order chi connectivity index (χ0) is 16.3. The normalized spacial score (nSPS) is 23.0. The van der Waals surface area contributed by atoms with Crippen LogP contribution in [0.5, 0.6) is 0 Å². The number of sulfonamides is 1. The molecule has 1 fully saturated rings. The minimum atomic E-state index is -3.37. The molecular formula is C18H24N2O2S. The maximum absolute atomic E-state index is 13.2. The van der Waals surface area contributed by atoms with Crippen molar-refractivity contribution in [1.29, 1.82) is 0 Å². The fourth-order valence-corrected chi connectivity index (χ4v) is 5.39. The lowest BCUT2D eigenvalue weighted by Gasteiger charge is -2.38. The number of hydrogen-bond acceptors (Lipinski definition) is 3. The molecule has 1 atom stereocenters. The van der Waals surface area contributed by atoms with Crippen LogP contribution >= 0.6 is 0 Å². The van der Waals surface area contributed by atoms with Gasteiger partial charge in [0.25, 0.3) is 0 Å². The molecule has 1 heterocycles. The smallest absolute Gasteiger partial charge is 0.242 e.